The molecule has 0 spiro atoms. The summed E-state index contributed by atoms with van der Waals surface area (Å²) in [6.45, 7) is 3.68. The number of pyridine rings is 1. The Labute approximate surface area is 125 Å². The highest BCUT2D eigenvalue weighted by molar-refractivity contribution is 6.37. The zero-order valence-corrected chi connectivity index (χ0v) is 12.0. The Hall–Kier alpha value is -3.02. The van der Waals surface area contributed by atoms with E-state index in [1.54, 1.807) is 6.07 Å². The fourth-order valence-corrected chi connectivity index (χ4v) is 2.88. The van der Waals surface area contributed by atoms with Gasteiger partial charge in [-0.2, -0.15) is 5.10 Å². The fraction of sp³-hybridized carbons (Fsp3) is 0.125. The van der Waals surface area contributed by atoms with Crippen molar-refractivity contribution in [2.24, 2.45) is 0 Å². The van der Waals surface area contributed by atoms with Gasteiger partial charge in [0.1, 0.15) is 0 Å². The van der Waals surface area contributed by atoms with Crippen LogP contribution in [0.2, 0.25) is 0 Å². The van der Waals surface area contributed by atoms with E-state index in [1.165, 1.54) is 11.1 Å². The number of benzene rings is 1. The van der Waals surface area contributed by atoms with E-state index < -0.39 is 0 Å². The number of rotatable bonds is 1. The van der Waals surface area contributed by atoms with Crippen molar-refractivity contribution in [1.29, 1.82) is 0 Å². The lowest BCUT2D eigenvalue weighted by Crippen LogP contribution is -2.30. The first kappa shape index (κ1) is 12.7. The van der Waals surface area contributed by atoms with Gasteiger partial charge in [-0.15, -0.1) is 0 Å². The number of carbonyl (C=O) groups is 2. The third-order valence-corrected chi connectivity index (χ3v) is 3.97. The van der Waals surface area contributed by atoms with Crippen molar-refractivity contribution in [3.8, 4) is 0 Å². The maximum Gasteiger partial charge on any atom is 0.267 e. The van der Waals surface area contributed by atoms with Gasteiger partial charge < -0.3 is 0 Å². The quantitative estimate of drug-likeness (QED) is 0.698. The number of para-hydroxylation sites is 1. The lowest BCUT2D eigenvalue weighted by molar-refractivity contribution is 0.0926. The van der Waals surface area contributed by atoms with Crippen LogP contribution in [0.4, 0.5) is 5.69 Å². The van der Waals surface area contributed by atoms with Crippen molar-refractivity contribution in [1.82, 2.24) is 15.2 Å². The highest BCUT2D eigenvalue weighted by atomic mass is 16.2. The number of nitrogens with zero attached hydrogens (tertiary/aromatic N) is 3. The second-order valence-corrected chi connectivity index (χ2v) is 5.33. The molecule has 6 nitrogen and oxygen atoms in total. The minimum atomic E-state index is -0.343. The molecule has 0 bridgehead atoms. The highest BCUT2D eigenvalue weighted by Crippen LogP contribution is 2.34. The summed E-state index contributed by atoms with van der Waals surface area (Å²) in [6, 6.07) is 7.32. The number of fused-ring (bicyclic) bond motifs is 3. The van der Waals surface area contributed by atoms with Crippen molar-refractivity contribution in [3.63, 3.8) is 0 Å². The predicted molar refractivity (Wildman–Crippen MR) is 80.9 cm³/mol. The average Bonchev–Trinajstić information content (AvgIpc) is 3.00. The maximum absolute atomic E-state index is 12.9. The van der Waals surface area contributed by atoms with Gasteiger partial charge in [0.25, 0.3) is 11.8 Å². The van der Waals surface area contributed by atoms with E-state index in [0.29, 0.717) is 27.8 Å². The molecule has 2 amide bonds. The van der Waals surface area contributed by atoms with Gasteiger partial charge in [-0.25, -0.2) is 9.88 Å². The van der Waals surface area contributed by atoms with Gasteiger partial charge in [-0.05, 0) is 25.5 Å². The molecule has 1 aliphatic heterocycles. The van der Waals surface area contributed by atoms with Gasteiger partial charge in [0, 0.05) is 11.9 Å². The normalized spacial score (nSPS) is 14.0. The zero-order valence-electron chi connectivity index (χ0n) is 12.0. The van der Waals surface area contributed by atoms with Gasteiger partial charge in [-0.1, -0.05) is 18.2 Å². The van der Waals surface area contributed by atoms with Gasteiger partial charge in [0.2, 0.25) is 0 Å². The molecule has 1 aliphatic rings. The lowest BCUT2D eigenvalue weighted by Gasteiger charge is -2.16. The average molecular weight is 292 g/mol. The summed E-state index contributed by atoms with van der Waals surface area (Å²) in [6.07, 6.45) is 1.43. The Morgan fingerprint density at radius 2 is 1.86 bits per heavy atom. The summed E-state index contributed by atoms with van der Waals surface area (Å²) in [4.78, 5) is 30.9. The molecule has 1 aromatic carbocycles. The van der Waals surface area contributed by atoms with E-state index in [2.05, 4.69) is 15.2 Å². The van der Waals surface area contributed by atoms with E-state index in [-0.39, 0.29) is 11.8 Å². The zero-order chi connectivity index (χ0) is 15.4. The van der Waals surface area contributed by atoms with E-state index in [4.69, 9.17) is 0 Å². The number of nitrogens with one attached hydrogen (secondary N) is 1. The Morgan fingerprint density at radius 1 is 1.09 bits per heavy atom. The van der Waals surface area contributed by atoms with Crippen LogP contribution in [0.5, 0.6) is 0 Å². The number of hydrogen-bond acceptors (Lipinski definition) is 4. The number of aryl methyl sites for hydroxylation is 2. The van der Waals surface area contributed by atoms with E-state index >= 15 is 0 Å². The number of aromatic amines is 1. The van der Waals surface area contributed by atoms with Gasteiger partial charge >= 0.3 is 0 Å². The first-order valence-corrected chi connectivity index (χ1v) is 6.87. The molecule has 0 aliphatic carbocycles. The molecule has 1 N–H and O–H groups in total. The largest absolute Gasteiger partial charge is 0.280 e. The first-order valence-electron chi connectivity index (χ1n) is 6.87. The molecule has 0 saturated heterocycles. The van der Waals surface area contributed by atoms with Crippen LogP contribution in [-0.2, 0) is 0 Å². The number of carbonyl (C=O) groups excluding carboxylic acids is 2. The van der Waals surface area contributed by atoms with E-state index in [1.807, 2.05) is 32.0 Å². The van der Waals surface area contributed by atoms with Crippen LogP contribution in [0.15, 0.2) is 30.5 Å². The molecule has 3 heterocycles. The molecule has 0 fully saturated rings. The van der Waals surface area contributed by atoms with Gasteiger partial charge in [0.15, 0.2) is 5.65 Å². The lowest BCUT2D eigenvalue weighted by atomic mass is 10.1. The topological polar surface area (TPSA) is 79.0 Å². The number of H-pyrrole nitrogens is 1. The molecule has 6 heteroatoms. The summed E-state index contributed by atoms with van der Waals surface area (Å²) >= 11 is 0. The number of anilines is 1. The van der Waals surface area contributed by atoms with Crippen LogP contribution < -0.4 is 4.90 Å². The van der Waals surface area contributed by atoms with Crippen molar-refractivity contribution in [2.45, 2.75) is 13.8 Å². The van der Waals surface area contributed by atoms with Crippen LogP contribution in [0, 0.1) is 13.8 Å². The Morgan fingerprint density at radius 3 is 2.64 bits per heavy atom. The molecule has 22 heavy (non-hydrogen) atoms. The summed E-state index contributed by atoms with van der Waals surface area (Å²) in [5, 5.41) is 7.48. The first-order chi connectivity index (χ1) is 10.6. The third-order valence-electron chi connectivity index (χ3n) is 3.97. The Bertz CT molecular complexity index is 958. The van der Waals surface area contributed by atoms with E-state index in [0.717, 1.165) is 11.3 Å². The minimum Gasteiger partial charge on any atom is -0.280 e. The Balaban J connectivity index is 1.99. The summed E-state index contributed by atoms with van der Waals surface area (Å²) < 4.78 is 0. The number of imide groups is 1. The summed E-state index contributed by atoms with van der Waals surface area (Å²) in [5.74, 6) is -0.671. The van der Waals surface area contributed by atoms with Crippen molar-refractivity contribution < 1.29 is 9.59 Å². The van der Waals surface area contributed by atoms with Gasteiger partial charge in [0.05, 0.1) is 22.2 Å². The molecule has 4 rings (SSSR count). The highest BCUT2D eigenvalue weighted by Gasteiger charge is 2.39. The van der Waals surface area contributed by atoms with E-state index in [9.17, 15) is 9.59 Å². The summed E-state index contributed by atoms with van der Waals surface area (Å²) in [7, 11) is 0. The molecular weight excluding hydrogens is 280 g/mol. The van der Waals surface area contributed by atoms with Crippen molar-refractivity contribution >= 4 is 28.5 Å². The number of aromatic nitrogens is 3. The van der Waals surface area contributed by atoms with Crippen LogP contribution in [0.1, 0.15) is 32.0 Å². The van der Waals surface area contributed by atoms with Crippen LogP contribution in [-0.4, -0.2) is 27.0 Å². The number of hydrogen-bond donors (Lipinski definition) is 1. The minimum absolute atomic E-state index is 0.324. The number of amides is 2. The molecule has 0 unspecified atom stereocenters. The molecule has 0 saturated carbocycles. The SMILES string of the molecule is Cc1ccccc1N1C(=O)c2cnc3n[nH]c(C)c3c2C1=O. The smallest absolute Gasteiger partial charge is 0.267 e. The predicted octanol–water partition coefficient (Wildman–Crippen LogP) is 2.38. The summed E-state index contributed by atoms with van der Waals surface area (Å²) in [5.41, 5.74) is 3.35. The standard InChI is InChI=1S/C16H12N4O2/c1-8-5-3-4-6-11(8)20-15(21)10-7-17-14-12(9(2)18-19-14)13(10)16(20)22/h3-7H,1-2H3,(H,17,18,19). The van der Waals surface area contributed by atoms with Crippen LogP contribution >= 0.6 is 0 Å². The molecular formula is C16H12N4O2. The van der Waals surface area contributed by atoms with Crippen LogP contribution in [0.25, 0.3) is 11.0 Å². The second-order valence-electron chi connectivity index (χ2n) is 5.33. The molecule has 3 aromatic rings. The second kappa shape index (κ2) is 4.24. The van der Waals surface area contributed by atoms with Crippen molar-refractivity contribution in [2.75, 3.05) is 4.90 Å². The van der Waals surface area contributed by atoms with Crippen LogP contribution in [0.3, 0.4) is 0 Å². The van der Waals surface area contributed by atoms with Gasteiger partial charge in [-0.3, -0.25) is 14.7 Å². The molecule has 108 valence electrons. The molecule has 0 atom stereocenters. The molecule has 2 aromatic heterocycles. The third kappa shape index (κ3) is 1.49. The maximum atomic E-state index is 12.9. The Kier molecular flexibility index (Phi) is 2.45. The fourth-order valence-electron chi connectivity index (χ4n) is 2.88. The monoisotopic (exact) mass is 292 g/mol. The van der Waals surface area contributed by atoms with Crippen molar-refractivity contribution in [3.05, 3.63) is 52.8 Å². The molecule has 0 radical (unpaired) electrons.